The number of rotatable bonds is 3. The van der Waals surface area contributed by atoms with E-state index in [0.29, 0.717) is 6.04 Å². The third-order valence-corrected chi connectivity index (χ3v) is 1.53. The van der Waals surface area contributed by atoms with Crippen LogP contribution in [0.4, 0.5) is 0 Å². The summed E-state index contributed by atoms with van der Waals surface area (Å²) in [6.45, 7) is 9.90. The molecule has 0 aromatic carbocycles. The van der Waals surface area contributed by atoms with Gasteiger partial charge in [-0.3, -0.25) is 0 Å². The van der Waals surface area contributed by atoms with Crippen molar-refractivity contribution in [3.05, 3.63) is 0 Å². The second-order valence-corrected chi connectivity index (χ2v) is 2.59. The predicted octanol–water partition coefficient (Wildman–Crippen LogP) is 1.89. The van der Waals surface area contributed by atoms with E-state index in [2.05, 4.69) is 33.0 Å². The highest BCUT2D eigenvalue weighted by Crippen LogP contribution is 1.97. The van der Waals surface area contributed by atoms with Gasteiger partial charge in [0.25, 0.3) is 0 Å². The van der Waals surface area contributed by atoms with E-state index in [1.807, 2.05) is 0 Å². The number of hydrogen-bond acceptors (Lipinski definition) is 1. The fourth-order valence-electron chi connectivity index (χ4n) is 0.558. The van der Waals surface area contributed by atoms with E-state index in [-0.39, 0.29) is 1.43 Å². The van der Waals surface area contributed by atoms with Gasteiger partial charge in [0.15, 0.2) is 0 Å². The van der Waals surface area contributed by atoms with E-state index in [9.17, 15) is 0 Å². The van der Waals surface area contributed by atoms with Crippen LogP contribution >= 0.6 is 0 Å². The molecule has 0 heterocycles. The van der Waals surface area contributed by atoms with Gasteiger partial charge in [-0.05, 0) is 19.4 Å². The minimum atomic E-state index is 0. The fraction of sp³-hybridized carbons (Fsp3) is 1.00. The molecule has 0 fully saturated rings. The number of hydrogen-bond donors (Lipinski definition) is 1. The van der Waals surface area contributed by atoms with E-state index in [1.54, 1.807) is 0 Å². The maximum atomic E-state index is 3.34. The summed E-state index contributed by atoms with van der Waals surface area (Å²) in [5.41, 5.74) is 0. The highest BCUT2D eigenvalue weighted by molar-refractivity contribution is 4.61. The van der Waals surface area contributed by atoms with Gasteiger partial charge in [0.05, 0.1) is 0 Å². The van der Waals surface area contributed by atoms with Gasteiger partial charge in [-0.15, -0.1) is 0 Å². The molecule has 0 aliphatic carbocycles. The smallest absolute Gasteiger partial charge is 0.00616 e. The van der Waals surface area contributed by atoms with Crippen LogP contribution in [0, 0.1) is 5.92 Å². The van der Waals surface area contributed by atoms with Crippen molar-refractivity contribution in [2.75, 3.05) is 6.54 Å². The summed E-state index contributed by atoms with van der Waals surface area (Å²) in [5, 5.41) is 3.34. The summed E-state index contributed by atoms with van der Waals surface area (Å²) in [4.78, 5) is 0. The summed E-state index contributed by atoms with van der Waals surface area (Å²) >= 11 is 0. The zero-order valence-corrected chi connectivity index (χ0v) is 6.36. The molecule has 52 valence electrons. The molecule has 1 nitrogen and oxygen atoms in total. The molecule has 0 aromatic rings. The highest BCUT2D eigenvalue weighted by atomic mass is 14.9. The van der Waals surface area contributed by atoms with Gasteiger partial charge < -0.3 is 5.32 Å². The lowest BCUT2D eigenvalue weighted by Gasteiger charge is -2.15. The minimum absolute atomic E-state index is 0. The molecule has 1 atom stereocenters. The zero-order valence-electron chi connectivity index (χ0n) is 6.36. The Morgan fingerprint density at radius 2 is 1.88 bits per heavy atom. The molecule has 1 N–H and O–H groups in total. The third kappa shape index (κ3) is 3.03. The first-order chi connectivity index (χ1) is 3.68. The van der Waals surface area contributed by atoms with Crippen LogP contribution in [0.25, 0.3) is 0 Å². The van der Waals surface area contributed by atoms with E-state index in [0.717, 1.165) is 12.5 Å². The third-order valence-electron chi connectivity index (χ3n) is 1.53. The van der Waals surface area contributed by atoms with Crippen LogP contribution in [-0.4, -0.2) is 12.6 Å². The van der Waals surface area contributed by atoms with Crippen molar-refractivity contribution in [2.45, 2.75) is 33.7 Å². The van der Waals surface area contributed by atoms with Gasteiger partial charge >= 0.3 is 0 Å². The van der Waals surface area contributed by atoms with Crippen molar-refractivity contribution in [1.29, 1.82) is 0 Å². The molecule has 0 aliphatic heterocycles. The molecule has 1 heteroatoms. The Balaban J connectivity index is 0. The Kier molecular flexibility index (Phi) is 3.88. The number of nitrogens with one attached hydrogen (secondary N) is 1. The maximum absolute atomic E-state index is 3.34. The molecule has 8 heavy (non-hydrogen) atoms. The van der Waals surface area contributed by atoms with Crippen LogP contribution in [0.1, 0.15) is 29.1 Å². The molecule has 0 aromatic heterocycles. The van der Waals surface area contributed by atoms with Crippen LogP contribution in [0.2, 0.25) is 0 Å². The standard InChI is InChI=1S/C7H17N.H2/c1-5-8-7(4)6(2)3;/h6-8H,5H2,1-4H3;1H/t7-;/m0./s1. The second-order valence-electron chi connectivity index (χ2n) is 2.59. The van der Waals surface area contributed by atoms with Gasteiger partial charge in [0.1, 0.15) is 0 Å². The van der Waals surface area contributed by atoms with Crippen molar-refractivity contribution in [3.8, 4) is 0 Å². The normalized spacial score (nSPS) is 14.6. The van der Waals surface area contributed by atoms with Crippen molar-refractivity contribution in [3.63, 3.8) is 0 Å². The van der Waals surface area contributed by atoms with Crippen LogP contribution < -0.4 is 5.32 Å². The van der Waals surface area contributed by atoms with Gasteiger partial charge in [0, 0.05) is 7.47 Å². The Bertz CT molecular complexity index is 54.9. The van der Waals surface area contributed by atoms with Gasteiger partial charge in [-0.25, -0.2) is 0 Å². The molecule has 0 rings (SSSR count). The summed E-state index contributed by atoms with van der Waals surface area (Å²) in [7, 11) is 0. The molecule has 0 amide bonds. The average molecular weight is 117 g/mol. The first-order valence-electron chi connectivity index (χ1n) is 3.41. The average Bonchev–Trinajstić information content (AvgIpc) is 1.67. The monoisotopic (exact) mass is 117 g/mol. The van der Waals surface area contributed by atoms with Crippen molar-refractivity contribution in [1.82, 2.24) is 5.32 Å². The van der Waals surface area contributed by atoms with Crippen molar-refractivity contribution in [2.24, 2.45) is 5.92 Å². The Morgan fingerprint density at radius 1 is 1.38 bits per heavy atom. The van der Waals surface area contributed by atoms with Crippen LogP contribution in [-0.2, 0) is 0 Å². The topological polar surface area (TPSA) is 12.0 Å². The lowest BCUT2D eigenvalue weighted by atomic mass is 10.1. The molecular formula is C7H19N. The molecule has 0 aliphatic rings. The van der Waals surface area contributed by atoms with Gasteiger partial charge in [0.2, 0.25) is 0 Å². The summed E-state index contributed by atoms with van der Waals surface area (Å²) in [6, 6.07) is 0.667. The highest BCUT2D eigenvalue weighted by Gasteiger charge is 2.02. The van der Waals surface area contributed by atoms with Crippen LogP contribution in [0.3, 0.4) is 0 Å². The molecule has 0 radical (unpaired) electrons. The van der Waals surface area contributed by atoms with Crippen molar-refractivity contribution >= 4 is 0 Å². The summed E-state index contributed by atoms with van der Waals surface area (Å²) < 4.78 is 0. The first-order valence-corrected chi connectivity index (χ1v) is 3.41. The Hall–Kier alpha value is -0.0400. The Labute approximate surface area is 54.0 Å². The van der Waals surface area contributed by atoms with E-state index in [1.165, 1.54) is 0 Å². The SMILES string of the molecule is CCN[C@@H](C)C(C)C.[HH]. The Morgan fingerprint density at radius 3 is 2.00 bits per heavy atom. The molecule has 0 unspecified atom stereocenters. The summed E-state index contributed by atoms with van der Waals surface area (Å²) in [5.74, 6) is 0.759. The maximum Gasteiger partial charge on any atom is 0.00616 e. The summed E-state index contributed by atoms with van der Waals surface area (Å²) in [6.07, 6.45) is 0. The van der Waals surface area contributed by atoms with Crippen LogP contribution in [0.15, 0.2) is 0 Å². The van der Waals surface area contributed by atoms with Crippen LogP contribution in [0.5, 0.6) is 0 Å². The van der Waals surface area contributed by atoms with E-state index >= 15 is 0 Å². The largest absolute Gasteiger partial charge is 0.314 e. The zero-order chi connectivity index (χ0) is 6.57. The lowest BCUT2D eigenvalue weighted by Crippen LogP contribution is -2.30. The molecule has 0 bridgehead atoms. The first kappa shape index (κ1) is 7.96. The van der Waals surface area contributed by atoms with Gasteiger partial charge in [-0.2, -0.15) is 0 Å². The van der Waals surface area contributed by atoms with E-state index < -0.39 is 0 Å². The van der Waals surface area contributed by atoms with E-state index in [4.69, 9.17) is 0 Å². The quantitative estimate of drug-likeness (QED) is 0.595. The molecular weight excluding hydrogens is 98.1 g/mol. The minimum Gasteiger partial charge on any atom is -0.314 e. The molecule has 0 saturated heterocycles. The second kappa shape index (κ2) is 3.90. The lowest BCUT2D eigenvalue weighted by molar-refractivity contribution is 0.437. The fourth-order valence-corrected chi connectivity index (χ4v) is 0.558. The van der Waals surface area contributed by atoms with Gasteiger partial charge in [-0.1, -0.05) is 20.8 Å². The van der Waals surface area contributed by atoms with Crippen molar-refractivity contribution < 1.29 is 1.43 Å². The molecule has 0 saturated carbocycles. The predicted molar refractivity (Wildman–Crippen MR) is 40.1 cm³/mol. The molecule has 0 spiro atoms.